The summed E-state index contributed by atoms with van der Waals surface area (Å²) >= 11 is 1.35. The molecule has 0 radical (unpaired) electrons. The van der Waals surface area contributed by atoms with Crippen molar-refractivity contribution >= 4 is 38.7 Å². The summed E-state index contributed by atoms with van der Waals surface area (Å²) in [6, 6.07) is 1.62. The van der Waals surface area contributed by atoms with E-state index in [4.69, 9.17) is 0 Å². The Labute approximate surface area is 136 Å². The minimum atomic E-state index is -0.333. The maximum absolute atomic E-state index is 12.2. The number of nitrogens with zero attached hydrogens (tertiary/aromatic N) is 3. The van der Waals surface area contributed by atoms with Crippen LogP contribution < -0.4 is 10.6 Å². The number of rotatable bonds is 2. The van der Waals surface area contributed by atoms with E-state index >= 15 is 0 Å². The summed E-state index contributed by atoms with van der Waals surface area (Å²) in [6.45, 7) is 1.96. The Balaban J connectivity index is 1.49. The fraction of sp³-hybridized carbons (Fsp3) is 0.333. The Kier molecular flexibility index (Phi) is 3.45. The third kappa shape index (κ3) is 2.77. The Hall–Kier alpha value is -2.48. The zero-order valence-corrected chi connectivity index (χ0v) is 13.5. The Morgan fingerprint density at radius 3 is 3.09 bits per heavy atom. The Bertz CT molecular complexity index is 883. The summed E-state index contributed by atoms with van der Waals surface area (Å²) in [5.74, 6) is 0.618. The maximum atomic E-state index is 12.2. The van der Waals surface area contributed by atoms with E-state index in [1.165, 1.54) is 17.8 Å². The van der Waals surface area contributed by atoms with Gasteiger partial charge in [-0.25, -0.2) is 14.8 Å². The molecule has 3 heterocycles. The van der Waals surface area contributed by atoms with Crippen LogP contribution in [0, 0.1) is 6.92 Å². The summed E-state index contributed by atoms with van der Waals surface area (Å²) in [4.78, 5) is 21.7. The van der Waals surface area contributed by atoms with Crippen molar-refractivity contribution in [3.63, 3.8) is 0 Å². The molecule has 1 aliphatic rings. The van der Waals surface area contributed by atoms with Crippen LogP contribution in [0.15, 0.2) is 12.3 Å². The molecule has 1 aliphatic carbocycles. The van der Waals surface area contributed by atoms with Gasteiger partial charge in [0.05, 0.1) is 0 Å². The minimum Gasteiger partial charge on any atom is -0.290 e. The van der Waals surface area contributed by atoms with E-state index < -0.39 is 0 Å². The number of thiazole rings is 1. The molecule has 118 valence electrons. The van der Waals surface area contributed by atoms with Crippen LogP contribution in [-0.2, 0) is 12.8 Å². The predicted octanol–water partition coefficient (Wildman–Crippen LogP) is 3.25. The third-order valence-electron chi connectivity index (χ3n) is 3.89. The van der Waals surface area contributed by atoms with Crippen LogP contribution >= 0.6 is 11.3 Å². The molecule has 7 nitrogen and oxygen atoms in total. The quantitative estimate of drug-likeness (QED) is 0.673. The van der Waals surface area contributed by atoms with Crippen molar-refractivity contribution in [1.29, 1.82) is 0 Å². The molecule has 4 rings (SSSR count). The van der Waals surface area contributed by atoms with Crippen molar-refractivity contribution < 1.29 is 4.79 Å². The number of pyridine rings is 1. The van der Waals surface area contributed by atoms with Crippen LogP contribution in [0.5, 0.6) is 0 Å². The third-order valence-corrected chi connectivity index (χ3v) is 4.79. The zero-order valence-electron chi connectivity index (χ0n) is 12.6. The van der Waals surface area contributed by atoms with Crippen molar-refractivity contribution in [2.24, 2.45) is 0 Å². The molecule has 2 amide bonds. The summed E-state index contributed by atoms with van der Waals surface area (Å²) in [5.41, 5.74) is 4.09. The van der Waals surface area contributed by atoms with Crippen LogP contribution in [0.3, 0.4) is 0 Å². The fourth-order valence-electron chi connectivity index (χ4n) is 2.80. The number of aromatic amines is 1. The molecular formula is C15H16N6OS. The second-order valence-corrected chi connectivity index (χ2v) is 6.65. The lowest BCUT2D eigenvalue weighted by molar-refractivity contribution is 0.262. The minimum absolute atomic E-state index is 0.333. The van der Waals surface area contributed by atoms with Crippen molar-refractivity contribution in [2.45, 2.75) is 32.6 Å². The highest BCUT2D eigenvalue weighted by Crippen LogP contribution is 2.27. The largest absolute Gasteiger partial charge is 0.326 e. The zero-order chi connectivity index (χ0) is 15.8. The predicted molar refractivity (Wildman–Crippen MR) is 90.0 cm³/mol. The fourth-order valence-corrected chi connectivity index (χ4v) is 3.58. The molecule has 3 aromatic rings. The number of fused-ring (bicyclic) bond motifs is 2. The first-order valence-corrected chi connectivity index (χ1v) is 8.38. The number of aromatic nitrogens is 4. The van der Waals surface area contributed by atoms with E-state index in [0.29, 0.717) is 10.9 Å². The van der Waals surface area contributed by atoms with Crippen LogP contribution in [0.4, 0.5) is 15.7 Å². The lowest BCUT2D eigenvalue weighted by atomic mass is 9.98. The second kappa shape index (κ2) is 5.62. The number of carbonyl (C=O) groups is 1. The Morgan fingerprint density at radius 1 is 1.30 bits per heavy atom. The number of nitrogens with one attached hydrogen (secondary N) is 3. The highest BCUT2D eigenvalue weighted by Gasteiger charge is 2.18. The number of carbonyl (C=O) groups excluding carboxylic acids is 1. The number of hydrogen-bond donors (Lipinski definition) is 3. The van der Waals surface area contributed by atoms with Gasteiger partial charge in [0.15, 0.2) is 10.9 Å². The van der Waals surface area contributed by atoms with Gasteiger partial charge in [-0.1, -0.05) is 11.3 Å². The Morgan fingerprint density at radius 2 is 2.17 bits per heavy atom. The van der Waals surface area contributed by atoms with E-state index in [1.54, 1.807) is 6.20 Å². The van der Waals surface area contributed by atoms with Gasteiger partial charge in [-0.15, -0.1) is 0 Å². The van der Waals surface area contributed by atoms with Crippen molar-refractivity contribution in [3.8, 4) is 0 Å². The topological polar surface area (TPSA) is 95.6 Å². The van der Waals surface area contributed by atoms with E-state index in [9.17, 15) is 4.79 Å². The lowest BCUT2D eigenvalue weighted by Crippen LogP contribution is -2.20. The normalized spacial score (nSPS) is 13.8. The standard InChI is InChI=1S/C15H16N6OS/c1-8-6-11-13(16-7-8)23-15(17-11)19-14(22)18-12-9-4-2-3-5-10(9)20-21-12/h6-7H,2-5H2,1H3,(H3,17,18,19,20,21,22). The van der Waals surface area contributed by atoms with E-state index in [-0.39, 0.29) is 6.03 Å². The summed E-state index contributed by atoms with van der Waals surface area (Å²) in [5, 5.41) is 13.3. The highest BCUT2D eigenvalue weighted by molar-refractivity contribution is 7.21. The first-order chi connectivity index (χ1) is 11.2. The van der Waals surface area contributed by atoms with Gasteiger partial charge in [0.1, 0.15) is 10.3 Å². The molecule has 0 bridgehead atoms. The molecule has 0 aliphatic heterocycles. The highest BCUT2D eigenvalue weighted by atomic mass is 32.1. The molecule has 0 aromatic carbocycles. The maximum Gasteiger partial charge on any atom is 0.326 e. The molecule has 3 aromatic heterocycles. The molecule has 0 unspecified atom stereocenters. The van der Waals surface area contributed by atoms with Crippen molar-refractivity contribution in [1.82, 2.24) is 20.2 Å². The number of urea groups is 1. The van der Waals surface area contributed by atoms with Crippen LogP contribution in [0.1, 0.15) is 29.7 Å². The average Bonchev–Trinajstić information content (AvgIpc) is 3.11. The molecule has 0 spiro atoms. The smallest absolute Gasteiger partial charge is 0.290 e. The molecule has 23 heavy (non-hydrogen) atoms. The molecule has 0 fully saturated rings. The van der Waals surface area contributed by atoms with Gasteiger partial charge in [0.25, 0.3) is 0 Å². The van der Waals surface area contributed by atoms with Crippen LogP contribution in [0.25, 0.3) is 10.3 Å². The summed E-state index contributed by atoms with van der Waals surface area (Å²) in [6.07, 6.45) is 6.03. The lowest BCUT2D eigenvalue weighted by Gasteiger charge is -2.11. The van der Waals surface area contributed by atoms with Crippen molar-refractivity contribution in [3.05, 3.63) is 29.1 Å². The van der Waals surface area contributed by atoms with Gasteiger partial charge in [-0.05, 0) is 44.2 Å². The number of amides is 2. The van der Waals surface area contributed by atoms with Gasteiger partial charge < -0.3 is 0 Å². The van der Waals surface area contributed by atoms with Gasteiger partial charge in [-0.3, -0.25) is 15.7 Å². The number of H-pyrrole nitrogens is 1. The molecule has 0 saturated heterocycles. The molecule has 0 atom stereocenters. The van der Waals surface area contributed by atoms with Crippen LogP contribution in [-0.4, -0.2) is 26.2 Å². The van der Waals surface area contributed by atoms with E-state index in [0.717, 1.165) is 46.4 Å². The monoisotopic (exact) mass is 328 g/mol. The summed E-state index contributed by atoms with van der Waals surface area (Å²) in [7, 11) is 0. The molecular weight excluding hydrogens is 312 g/mol. The van der Waals surface area contributed by atoms with E-state index in [1.807, 2.05) is 13.0 Å². The van der Waals surface area contributed by atoms with Crippen LogP contribution in [0.2, 0.25) is 0 Å². The SMILES string of the molecule is Cc1cnc2sc(NC(=O)Nc3n[nH]c4c3CCCC4)nc2c1. The molecule has 8 heteroatoms. The first kappa shape index (κ1) is 14.1. The molecule has 3 N–H and O–H groups in total. The van der Waals surface area contributed by atoms with Crippen molar-refractivity contribution in [2.75, 3.05) is 10.6 Å². The number of hydrogen-bond acceptors (Lipinski definition) is 5. The second-order valence-electron chi connectivity index (χ2n) is 5.67. The number of aryl methyl sites for hydroxylation is 2. The van der Waals surface area contributed by atoms with E-state index in [2.05, 4.69) is 30.8 Å². The van der Waals surface area contributed by atoms with Gasteiger partial charge >= 0.3 is 6.03 Å². The molecule has 0 saturated carbocycles. The van der Waals surface area contributed by atoms with Gasteiger partial charge in [-0.2, -0.15) is 5.10 Å². The first-order valence-electron chi connectivity index (χ1n) is 7.56. The number of anilines is 2. The average molecular weight is 328 g/mol. The summed E-state index contributed by atoms with van der Waals surface area (Å²) < 4.78 is 0. The van der Waals surface area contributed by atoms with Gasteiger partial charge in [0, 0.05) is 17.5 Å². The van der Waals surface area contributed by atoms with Gasteiger partial charge in [0.2, 0.25) is 0 Å².